The van der Waals surface area contributed by atoms with Gasteiger partial charge in [0.25, 0.3) is 0 Å². The van der Waals surface area contributed by atoms with Crippen LogP contribution in [0.4, 0.5) is 4.39 Å². The van der Waals surface area contributed by atoms with E-state index in [-0.39, 0.29) is 19.1 Å². The third-order valence-corrected chi connectivity index (χ3v) is 2.97. The lowest BCUT2D eigenvalue weighted by Crippen LogP contribution is -2.35. The summed E-state index contributed by atoms with van der Waals surface area (Å²) < 4.78 is 12.8. The van der Waals surface area contributed by atoms with Crippen LogP contribution in [0.25, 0.3) is 0 Å². The van der Waals surface area contributed by atoms with Gasteiger partial charge in [0, 0.05) is 25.6 Å². The minimum Gasteiger partial charge on any atom is -0.395 e. The fourth-order valence-corrected chi connectivity index (χ4v) is 1.94. The summed E-state index contributed by atoms with van der Waals surface area (Å²) in [5, 5.41) is 28.0. The Morgan fingerprint density at radius 2 is 1.89 bits per heavy atom. The largest absolute Gasteiger partial charge is 0.395 e. The molecule has 3 N–H and O–H groups in total. The highest BCUT2D eigenvalue weighted by Crippen LogP contribution is 2.20. The number of aromatic nitrogens is 1. The lowest BCUT2D eigenvalue weighted by atomic mass is 10.0. The fourth-order valence-electron chi connectivity index (χ4n) is 1.94. The summed E-state index contributed by atoms with van der Waals surface area (Å²) in [6, 6.07) is 2.72. The van der Waals surface area contributed by atoms with E-state index in [1.165, 1.54) is 12.1 Å². The molecule has 0 bridgehead atoms. The molecule has 0 aromatic carbocycles. The molecule has 1 rings (SSSR count). The van der Waals surface area contributed by atoms with Crippen LogP contribution in [-0.2, 0) is 0 Å². The molecule has 2 atom stereocenters. The van der Waals surface area contributed by atoms with E-state index in [4.69, 9.17) is 10.2 Å². The molecule has 0 fully saturated rings. The van der Waals surface area contributed by atoms with Gasteiger partial charge in [-0.05, 0) is 12.1 Å². The smallest absolute Gasteiger partial charge is 0.141 e. The Hall–Kier alpha value is -1.08. The predicted octanol–water partition coefficient (Wildman–Crippen LogP) is 0.177. The SMILES string of the molecule is CC(CN(CCO)CCO)C(O)c1ccc(F)cn1. The number of aliphatic hydroxyl groups is 3. The molecular weight excluding hydrogens is 251 g/mol. The maximum atomic E-state index is 12.8. The lowest BCUT2D eigenvalue weighted by molar-refractivity contribution is 0.0716. The van der Waals surface area contributed by atoms with Crippen molar-refractivity contribution >= 4 is 0 Å². The third kappa shape index (κ3) is 5.20. The summed E-state index contributed by atoms with van der Waals surface area (Å²) in [5.74, 6) is -0.582. The molecule has 0 amide bonds. The van der Waals surface area contributed by atoms with Crippen LogP contribution in [-0.4, -0.2) is 58.1 Å². The molecule has 6 heteroatoms. The molecule has 5 nitrogen and oxygen atoms in total. The van der Waals surface area contributed by atoms with Gasteiger partial charge < -0.3 is 15.3 Å². The van der Waals surface area contributed by atoms with E-state index < -0.39 is 11.9 Å². The van der Waals surface area contributed by atoms with Gasteiger partial charge in [0.15, 0.2) is 0 Å². The summed E-state index contributed by atoms with van der Waals surface area (Å²) in [4.78, 5) is 5.71. The molecule has 19 heavy (non-hydrogen) atoms. The van der Waals surface area contributed by atoms with Crippen molar-refractivity contribution in [2.24, 2.45) is 5.92 Å². The first-order chi connectivity index (χ1) is 9.08. The van der Waals surface area contributed by atoms with Crippen molar-refractivity contribution in [2.75, 3.05) is 32.8 Å². The zero-order valence-electron chi connectivity index (χ0n) is 11.0. The van der Waals surface area contributed by atoms with Crippen LogP contribution in [0, 0.1) is 11.7 Å². The standard InChI is InChI=1S/C13H21FN2O3/c1-10(9-16(4-6-17)5-7-18)13(19)12-3-2-11(14)8-15-12/h2-3,8,10,13,17-19H,4-7,9H2,1H3. The summed E-state index contributed by atoms with van der Waals surface area (Å²) in [6.07, 6.45) is 0.269. The van der Waals surface area contributed by atoms with Crippen LogP contribution in [0.2, 0.25) is 0 Å². The van der Waals surface area contributed by atoms with E-state index in [1.54, 1.807) is 0 Å². The second-order valence-electron chi connectivity index (χ2n) is 4.57. The van der Waals surface area contributed by atoms with Crippen molar-refractivity contribution in [2.45, 2.75) is 13.0 Å². The molecule has 0 aliphatic rings. The Bertz CT molecular complexity index is 355. The van der Waals surface area contributed by atoms with Gasteiger partial charge >= 0.3 is 0 Å². The van der Waals surface area contributed by atoms with Gasteiger partial charge in [0.1, 0.15) is 5.82 Å². The number of rotatable bonds is 8. The van der Waals surface area contributed by atoms with Crippen LogP contribution in [0.3, 0.4) is 0 Å². The van der Waals surface area contributed by atoms with Gasteiger partial charge in [-0.25, -0.2) is 4.39 Å². The van der Waals surface area contributed by atoms with Gasteiger partial charge in [0.2, 0.25) is 0 Å². The first-order valence-electron chi connectivity index (χ1n) is 6.32. The van der Waals surface area contributed by atoms with Gasteiger partial charge in [-0.2, -0.15) is 0 Å². The Morgan fingerprint density at radius 1 is 1.26 bits per heavy atom. The minimum atomic E-state index is -0.805. The molecule has 0 spiro atoms. The van der Waals surface area contributed by atoms with Crippen molar-refractivity contribution in [3.05, 3.63) is 29.8 Å². The molecule has 0 saturated heterocycles. The summed E-state index contributed by atoms with van der Waals surface area (Å²) in [5.41, 5.74) is 0.418. The van der Waals surface area contributed by atoms with E-state index >= 15 is 0 Å². The molecule has 1 aromatic heterocycles. The lowest BCUT2D eigenvalue weighted by Gasteiger charge is -2.26. The van der Waals surface area contributed by atoms with E-state index in [0.717, 1.165) is 6.20 Å². The summed E-state index contributed by atoms with van der Waals surface area (Å²) >= 11 is 0. The molecule has 1 aromatic rings. The van der Waals surface area contributed by atoms with E-state index in [1.807, 2.05) is 11.8 Å². The molecule has 0 aliphatic carbocycles. The zero-order valence-corrected chi connectivity index (χ0v) is 11.0. The number of aliphatic hydroxyl groups excluding tert-OH is 3. The van der Waals surface area contributed by atoms with Crippen LogP contribution >= 0.6 is 0 Å². The number of halogens is 1. The number of hydrogen-bond donors (Lipinski definition) is 3. The number of pyridine rings is 1. The molecular formula is C13H21FN2O3. The first kappa shape index (κ1) is 16.0. The van der Waals surface area contributed by atoms with Crippen LogP contribution < -0.4 is 0 Å². The van der Waals surface area contributed by atoms with Gasteiger partial charge in [-0.1, -0.05) is 6.92 Å². The topological polar surface area (TPSA) is 76.8 Å². The quantitative estimate of drug-likeness (QED) is 0.629. The van der Waals surface area contributed by atoms with Gasteiger partial charge in [-0.3, -0.25) is 9.88 Å². The Kier molecular flexibility index (Phi) is 6.86. The number of nitrogens with zero attached hydrogens (tertiary/aromatic N) is 2. The molecule has 1 heterocycles. The second-order valence-corrected chi connectivity index (χ2v) is 4.57. The second kappa shape index (κ2) is 8.16. The minimum absolute atomic E-state index is 0.00237. The molecule has 0 saturated carbocycles. The maximum absolute atomic E-state index is 12.8. The fraction of sp³-hybridized carbons (Fsp3) is 0.615. The van der Waals surface area contributed by atoms with Crippen LogP contribution in [0.15, 0.2) is 18.3 Å². The van der Waals surface area contributed by atoms with Crippen LogP contribution in [0.1, 0.15) is 18.7 Å². The van der Waals surface area contributed by atoms with Gasteiger partial charge in [-0.15, -0.1) is 0 Å². The monoisotopic (exact) mass is 272 g/mol. The average molecular weight is 272 g/mol. The predicted molar refractivity (Wildman–Crippen MR) is 68.9 cm³/mol. The van der Waals surface area contributed by atoms with Crippen LogP contribution in [0.5, 0.6) is 0 Å². The first-order valence-corrected chi connectivity index (χ1v) is 6.32. The Morgan fingerprint density at radius 3 is 2.37 bits per heavy atom. The normalized spacial score (nSPS) is 14.6. The Labute approximate surface area is 112 Å². The highest BCUT2D eigenvalue weighted by molar-refractivity contribution is 5.08. The Balaban J connectivity index is 2.59. The van der Waals surface area contributed by atoms with E-state index in [9.17, 15) is 9.50 Å². The average Bonchev–Trinajstić information content (AvgIpc) is 2.39. The van der Waals surface area contributed by atoms with Crippen molar-refractivity contribution in [3.63, 3.8) is 0 Å². The summed E-state index contributed by atoms with van der Waals surface area (Å²) in [7, 11) is 0. The zero-order chi connectivity index (χ0) is 14.3. The molecule has 0 aliphatic heterocycles. The highest BCUT2D eigenvalue weighted by Gasteiger charge is 2.20. The molecule has 0 radical (unpaired) electrons. The van der Waals surface area contributed by atoms with Crippen molar-refractivity contribution in [3.8, 4) is 0 Å². The molecule has 2 unspecified atom stereocenters. The van der Waals surface area contributed by atoms with E-state index in [0.29, 0.717) is 25.3 Å². The number of hydrogen-bond acceptors (Lipinski definition) is 5. The molecule has 108 valence electrons. The highest BCUT2D eigenvalue weighted by atomic mass is 19.1. The summed E-state index contributed by atoms with van der Waals surface area (Å²) in [6.45, 7) is 3.23. The van der Waals surface area contributed by atoms with Crippen molar-refractivity contribution < 1.29 is 19.7 Å². The van der Waals surface area contributed by atoms with Crippen molar-refractivity contribution in [1.82, 2.24) is 9.88 Å². The maximum Gasteiger partial charge on any atom is 0.141 e. The van der Waals surface area contributed by atoms with Crippen molar-refractivity contribution in [1.29, 1.82) is 0 Å². The van der Waals surface area contributed by atoms with Gasteiger partial charge in [0.05, 0.1) is 31.2 Å². The van der Waals surface area contributed by atoms with E-state index in [2.05, 4.69) is 4.98 Å². The third-order valence-electron chi connectivity index (χ3n) is 2.97.